The van der Waals surface area contributed by atoms with Gasteiger partial charge in [0, 0.05) is 30.3 Å². The molecule has 22 heavy (non-hydrogen) atoms. The van der Waals surface area contributed by atoms with Crippen LogP contribution in [0.1, 0.15) is 6.42 Å². The number of non-ortho nitro benzene ring substituents is 1. The van der Waals surface area contributed by atoms with Crippen molar-refractivity contribution in [1.29, 1.82) is 0 Å². The van der Waals surface area contributed by atoms with Crippen molar-refractivity contribution in [1.82, 2.24) is 0 Å². The minimum Gasteiger partial charge on any atom is -0.493 e. The first-order valence-corrected chi connectivity index (χ1v) is 6.51. The molecule has 2 N–H and O–H groups in total. The molecule has 0 spiro atoms. The van der Waals surface area contributed by atoms with Crippen LogP contribution in [0, 0.1) is 10.1 Å². The number of hydrogen-bond acceptors (Lipinski definition) is 5. The second-order valence-corrected chi connectivity index (χ2v) is 4.37. The van der Waals surface area contributed by atoms with E-state index in [0.717, 1.165) is 5.75 Å². The molecule has 0 saturated heterocycles. The first-order chi connectivity index (χ1) is 10.1. The number of ether oxygens (including phenoxy) is 2. The van der Waals surface area contributed by atoms with Gasteiger partial charge in [0.2, 0.25) is 0 Å². The van der Waals surface area contributed by atoms with E-state index in [1.165, 1.54) is 12.1 Å². The van der Waals surface area contributed by atoms with Crippen molar-refractivity contribution in [2.45, 2.75) is 6.42 Å². The molecule has 0 bridgehead atoms. The van der Waals surface area contributed by atoms with Crippen LogP contribution in [0.3, 0.4) is 0 Å². The third-order valence-corrected chi connectivity index (χ3v) is 2.73. The lowest BCUT2D eigenvalue weighted by Gasteiger charge is -2.08. The minimum absolute atomic E-state index is 0. The van der Waals surface area contributed by atoms with Crippen LogP contribution < -0.4 is 15.2 Å². The molecular formula is C15H17ClN2O4. The Morgan fingerprint density at radius 2 is 1.64 bits per heavy atom. The van der Waals surface area contributed by atoms with Crippen LogP contribution in [0.2, 0.25) is 0 Å². The highest BCUT2D eigenvalue weighted by atomic mass is 35.5. The van der Waals surface area contributed by atoms with Crippen molar-refractivity contribution in [3.8, 4) is 11.5 Å². The van der Waals surface area contributed by atoms with Gasteiger partial charge in [-0.25, -0.2) is 0 Å². The van der Waals surface area contributed by atoms with Crippen LogP contribution in [0.15, 0.2) is 48.5 Å². The highest BCUT2D eigenvalue weighted by molar-refractivity contribution is 5.85. The highest BCUT2D eigenvalue weighted by Crippen LogP contribution is 2.18. The van der Waals surface area contributed by atoms with E-state index in [9.17, 15) is 10.1 Å². The lowest BCUT2D eigenvalue weighted by molar-refractivity contribution is -0.384. The van der Waals surface area contributed by atoms with Gasteiger partial charge in [-0.2, -0.15) is 0 Å². The molecule has 6 nitrogen and oxygen atoms in total. The van der Waals surface area contributed by atoms with Crippen LogP contribution in [0.25, 0.3) is 0 Å². The second kappa shape index (κ2) is 8.74. The van der Waals surface area contributed by atoms with Crippen LogP contribution in [-0.4, -0.2) is 18.1 Å². The van der Waals surface area contributed by atoms with Crippen molar-refractivity contribution in [2.24, 2.45) is 0 Å². The molecule has 7 heteroatoms. The molecule has 0 saturated carbocycles. The van der Waals surface area contributed by atoms with E-state index in [4.69, 9.17) is 15.2 Å². The minimum atomic E-state index is -0.441. The van der Waals surface area contributed by atoms with Gasteiger partial charge >= 0.3 is 0 Å². The number of nitrogens with zero attached hydrogens (tertiary/aromatic N) is 1. The SMILES string of the molecule is Cl.Nc1cccc(OCCCOc2ccc([N+](=O)[O-])cc2)c1. The van der Waals surface area contributed by atoms with Gasteiger partial charge in [0.15, 0.2) is 0 Å². The summed E-state index contributed by atoms with van der Waals surface area (Å²) in [7, 11) is 0. The predicted molar refractivity (Wildman–Crippen MR) is 86.8 cm³/mol. The average Bonchev–Trinajstić information content (AvgIpc) is 2.47. The Labute approximate surface area is 134 Å². The zero-order valence-electron chi connectivity index (χ0n) is 11.8. The number of anilines is 1. The maximum absolute atomic E-state index is 10.5. The van der Waals surface area contributed by atoms with Crippen molar-refractivity contribution in [3.05, 3.63) is 58.6 Å². The average molecular weight is 325 g/mol. The van der Waals surface area contributed by atoms with Crippen LogP contribution >= 0.6 is 12.4 Å². The smallest absolute Gasteiger partial charge is 0.269 e. The number of halogens is 1. The number of benzene rings is 2. The third kappa shape index (κ3) is 5.49. The van der Waals surface area contributed by atoms with E-state index in [1.54, 1.807) is 24.3 Å². The molecule has 0 aliphatic heterocycles. The summed E-state index contributed by atoms with van der Waals surface area (Å²) < 4.78 is 11.0. The molecule has 0 amide bonds. The molecule has 0 radical (unpaired) electrons. The summed E-state index contributed by atoms with van der Waals surface area (Å²) in [6.45, 7) is 0.983. The van der Waals surface area contributed by atoms with Gasteiger partial charge in [-0.1, -0.05) is 6.07 Å². The Morgan fingerprint density at radius 1 is 1.00 bits per heavy atom. The van der Waals surface area contributed by atoms with E-state index in [1.807, 2.05) is 12.1 Å². The van der Waals surface area contributed by atoms with E-state index < -0.39 is 4.92 Å². The molecule has 0 unspecified atom stereocenters. The van der Waals surface area contributed by atoms with Crippen molar-refractivity contribution >= 4 is 23.8 Å². The van der Waals surface area contributed by atoms with Gasteiger partial charge in [-0.3, -0.25) is 10.1 Å². The van der Waals surface area contributed by atoms with Gasteiger partial charge in [-0.05, 0) is 24.3 Å². The Bertz CT molecular complexity index is 605. The van der Waals surface area contributed by atoms with Crippen molar-refractivity contribution < 1.29 is 14.4 Å². The number of nitro benzene ring substituents is 1. The molecule has 0 atom stereocenters. The largest absolute Gasteiger partial charge is 0.493 e. The van der Waals surface area contributed by atoms with Gasteiger partial charge in [0.1, 0.15) is 11.5 Å². The molecule has 0 fully saturated rings. The molecule has 0 aliphatic rings. The number of nitro groups is 1. The fourth-order valence-corrected chi connectivity index (χ4v) is 1.71. The van der Waals surface area contributed by atoms with E-state index in [2.05, 4.69) is 0 Å². The lowest BCUT2D eigenvalue weighted by atomic mass is 10.3. The van der Waals surface area contributed by atoms with Crippen LogP contribution in [0.5, 0.6) is 11.5 Å². The van der Waals surface area contributed by atoms with E-state index >= 15 is 0 Å². The topological polar surface area (TPSA) is 87.6 Å². The number of hydrogen-bond donors (Lipinski definition) is 1. The summed E-state index contributed by atoms with van der Waals surface area (Å²) in [4.78, 5) is 10.1. The normalized spacial score (nSPS) is 9.64. The van der Waals surface area contributed by atoms with E-state index in [0.29, 0.717) is 31.1 Å². The summed E-state index contributed by atoms with van der Waals surface area (Å²) in [6, 6.07) is 13.2. The number of rotatable bonds is 7. The van der Waals surface area contributed by atoms with Crippen LogP contribution in [0.4, 0.5) is 11.4 Å². The quantitative estimate of drug-likeness (QED) is 0.365. The first kappa shape index (κ1) is 17.6. The highest BCUT2D eigenvalue weighted by Gasteiger charge is 2.04. The third-order valence-electron chi connectivity index (χ3n) is 2.73. The zero-order chi connectivity index (χ0) is 15.1. The maximum Gasteiger partial charge on any atom is 0.269 e. The predicted octanol–water partition coefficient (Wildman–Crippen LogP) is 3.45. The lowest BCUT2D eigenvalue weighted by Crippen LogP contribution is -2.05. The summed E-state index contributed by atoms with van der Waals surface area (Å²) in [5, 5.41) is 10.5. The van der Waals surface area contributed by atoms with Crippen LogP contribution in [-0.2, 0) is 0 Å². The molecule has 0 aromatic heterocycles. The summed E-state index contributed by atoms with van der Waals surface area (Å²) in [5.74, 6) is 1.33. The molecule has 0 aliphatic carbocycles. The summed E-state index contributed by atoms with van der Waals surface area (Å²) in [5.41, 5.74) is 6.36. The van der Waals surface area contributed by atoms with Gasteiger partial charge in [0.25, 0.3) is 5.69 Å². The Kier molecular flexibility index (Phi) is 6.98. The molecular weight excluding hydrogens is 308 g/mol. The van der Waals surface area contributed by atoms with Crippen molar-refractivity contribution in [2.75, 3.05) is 18.9 Å². The Morgan fingerprint density at radius 3 is 2.23 bits per heavy atom. The zero-order valence-corrected chi connectivity index (χ0v) is 12.6. The Balaban J connectivity index is 0.00000242. The van der Waals surface area contributed by atoms with E-state index in [-0.39, 0.29) is 18.1 Å². The standard InChI is InChI=1S/C15H16N2O4.ClH/c16-12-3-1-4-15(11-12)21-10-2-9-20-14-7-5-13(6-8-14)17(18)19;/h1,3-8,11H,2,9-10,16H2;1H. The fraction of sp³-hybridized carbons (Fsp3) is 0.200. The first-order valence-electron chi connectivity index (χ1n) is 6.51. The summed E-state index contributed by atoms with van der Waals surface area (Å²) in [6.07, 6.45) is 0.700. The Hall–Kier alpha value is -2.47. The number of nitrogens with two attached hydrogens (primary N) is 1. The van der Waals surface area contributed by atoms with Crippen molar-refractivity contribution in [3.63, 3.8) is 0 Å². The molecule has 118 valence electrons. The molecule has 2 aromatic rings. The molecule has 2 aromatic carbocycles. The summed E-state index contributed by atoms with van der Waals surface area (Å²) >= 11 is 0. The second-order valence-electron chi connectivity index (χ2n) is 4.37. The van der Waals surface area contributed by atoms with Gasteiger partial charge < -0.3 is 15.2 Å². The van der Waals surface area contributed by atoms with Gasteiger partial charge in [0.05, 0.1) is 18.1 Å². The monoisotopic (exact) mass is 324 g/mol. The number of nitrogen functional groups attached to an aromatic ring is 1. The molecule has 0 heterocycles. The fourth-order valence-electron chi connectivity index (χ4n) is 1.71. The molecule has 2 rings (SSSR count). The maximum atomic E-state index is 10.5. The van der Waals surface area contributed by atoms with Gasteiger partial charge in [-0.15, -0.1) is 12.4 Å².